The third-order valence-corrected chi connectivity index (χ3v) is 2.52. The lowest BCUT2D eigenvalue weighted by atomic mass is 10.0. The van der Waals surface area contributed by atoms with Crippen LogP contribution in [0.15, 0.2) is 17.1 Å². The van der Waals surface area contributed by atoms with E-state index < -0.39 is 0 Å². The Kier molecular flexibility index (Phi) is 5.24. The minimum absolute atomic E-state index is 0.259. The van der Waals surface area contributed by atoms with Crippen LogP contribution in [0.25, 0.3) is 0 Å². The molecule has 0 atom stereocenters. The zero-order valence-electron chi connectivity index (χ0n) is 10.4. The Morgan fingerprint density at radius 3 is 2.29 bits per heavy atom. The molecular weight excluding hydrogens is 218 g/mol. The van der Waals surface area contributed by atoms with Crippen molar-refractivity contribution in [1.82, 2.24) is 0 Å². The highest BCUT2D eigenvalue weighted by molar-refractivity contribution is 5.47. The number of hydrogen-bond donors (Lipinski definition) is 0. The Morgan fingerprint density at radius 2 is 1.76 bits per heavy atom. The normalized spacial score (nSPS) is 9.59. The maximum Gasteiger partial charge on any atom is 0.235 e. The van der Waals surface area contributed by atoms with Crippen molar-refractivity contribution in [3.05, 3.63) is 23.3 Å². The predicted molar refractivity (Wildman–Crippen MR) is 65.4 cm³/mol. The van der Waals surface area contributed by atoms with Crippen LogP contribution in [0, 0.1) is 0 Å². The van der Waals surface area contributed by atoms with E-state index in [4.69, 9.17) is 9.47 Å². The summed E-state index contributed by atoms with van der Waals surface area (Å²) in [7, 11) is 3.24. The van der Waals surface area contributed by atoms with Crippen LogP contribution in [0.5, 0.6) is 11.5 Å². The SMILES string of the molecule is CCCc1cc(OC)c(CN=C=O)cc1OC. The van der Waals surface area contributed by atoms with Crippen LogP contribution in [0.4, 0.5) is 0 Å². The summed E-state index contributed by atoms with van der Waals surface area (Å²) in [6, 6.07) is 3.81. The zero-order valence-corrected chi connectivity index (χ0v) is 10.4. The second-order valence-electron chi connectivity index (χ2n) is 3.63. The molecule has 0 amide bonds. The Hall–Kier alpha value is -1.80. The van der Waals surface area contributed by atoms with Crippen LogP contribution in [-0.2, 0) is 17.8 Å². The monoisotopic (exact) mass is 235 g/mol. The molecule has 17 heavy (non-hydrogen) atoms. The predicted octanol–water partition coefficient (Wildman–Crippen LogP) is 2.49. The van der Waals surface area contributed by atoms with E-state index in [1.54, 1.807) is 14.2 Å². The molecule has 0 saturated heterocycles. The minimum Gasteiger partial charge on any atom is -0.496 e. The third-order valence-electron chi connectivity index (χ3n) is 2.52. The lowest BCUT2D eigenvalue weighted by molar-refractivity contribution is 0.394. The molecule has 0 heterocycles. The summed E-state index contributed by atoms with van der Waals surface area (Å²) in [5, 5.41) is 0. The van der Waals surface area contributed by atoms with Crippen LogP contribution >= 0.6 is 0 Å². The fraction of sp³-hybridized carbons (Fsp3) is 0.462. The Bertz CT molecular complexity index is 423. The maximum absolute atomic E-state index is 10.1. The molecule has 0 aliphatic rings. The molecule has 0 saturated carbocycles. The van der Waals surface area contributed by atoms with Gasteiger partial charge in [-0.25, -0.2) is 9.79 Å². The molecule has 92 valence electrons. The van der Waals surface area contributed by atoms with Gasteiger partial charge in [0.05, 0.1) is 20.8 Å². The van der Waals surface area contributed by atoms with E-state index in [1.807, 2.05) is 12.1 Å². The second kappa shape index (κ2) is 6.71. The lowest BCUT2D eigenvalue weighted by Crippen LogP contribution is -1.98. The highest BCUT2D eigenvalue weighted by Crippen LogP contribution is 2.30. The maximum atomic E-state index is 10.1. The first kappa shape index (κ1) is 13.3. The van der Waals surface area contributed by atoms with Gasteiger partial charge in [-0.15, -0.1) is 0 Å². The summed E-state index contributed by atoms with van der Waals surface area (Å²) in [5.41, 5.74) is 1.93. The van der Waals surface area contributed by atoms with Gasteiger partial charge in [0.15, 0.2) is 0 Å². The van der Waals surface area contributed by atoms with Crippen LogP contribution in [0.1, 0.15) is 24.5 Å². The Balaban J connectivity index is 3.16. The Labute approximate surface area is 101 Å². The number of isocyanates is 1. The first-order valence-electron chi connectivity index (χ1n) is 5.54. The van der Waals surface area contributed by atoms with E-state index in [9.17, 15) is 4.79 Å². The minimum atomic E-state index is 0.259. The van der Waals surface area contributed by atoms with E-state index >= 15 is 0 Å². The smallest absolute Gasteiger partial charge is 0.235 e. The van der Waals surface area contributed by atoms with Crippen molar-refractivity contribution in [2.75, 3.05) is 14.2 Å². The quantitative estimate of drug-likeness (QED) is 0.562. The first-order chi connectivity index (χ1) is 8.26. The molecule has 1 aromatic carbocycles. The number of carbonyl (C=O) groups excluding carboxylic acids is 1. The summed E-state index contributed by atoms with van der Waals surface area (Å²) in [6.07, 6.45) is 3.48. The van der Waals surface area contributed by atoms with E-state index in [2.05, 4.69) is 11.9 Å². The van der Waals surface area contributed by atoms with Crippen molar-refractivity contribution < 1.29 is 14.3 Å². The van der Waals surface area contributed by atoms with Gasteiger partial charge in [-0.3, -0.25) is 0 Å². The van der Waals surface area contributed by atoms with E-state index in [0.29, 0.717) is 0 Å². The van der Waals surface area contributed by atoms with Gasteiger partial charge in [-0.2, -0.15) is 0 Å². The molecule has 4 nitrogen and oxygen atoms in total. The highest BCUT2D eigenvalue weighted by Gasteiger charge is 2.10. The van der Waals surface area contributed by atoms with Crippen LogP contribution in [0.2, 0.25) is 0 Å². The summed E-state index contributed by atoms with van der Waals surface area (Å²) < 4.78 is 10.6. The van der Waals surface area contributed by atoms with Gasteiger partial charge in [-0.1, -0.05) is 13.3 Å². The Morgan fingerprint density at radius 1 is 1.18 bits per heavy atom. The molecular formula is C13H17NO3. The number of methoxy groups -OCH3 is 2. The van der Waals surface area contributed by atoms with E-state index in [0.717, 1.165) is 35.5 Å². The number of rotatable bonds is 6. The van der Waals surface area contributed by atoms with Crippen molar-refractivity contribution in [2.45, 2.75) is 26.3 Å². The molecule has 0 radical (unpaired) electrons. The van der Waals surface area contributed by atoms with E-state index in [1.165, 1.54) is 6.08 Å². The number of nitrogens with zero attached hydrogens (tertiary/aromatic N) is 1. The molecule has 0 aliphatic heterocycles. The van der Waals surface area contributed by atoms with Gasteiger partial charge in [0.1, 0.15) is 11.5 Å². The first-order valence-corrected chi connectivity index (χ1v) is 5.54. The third kappa shape index (κ3) is 3.33. The molecule has 0 bridgehead atoms. The van der Waals surface area contributed by atoms with Crippen molar-refractivity contribution in [3.8, 4) is 11.5 Å². The number of ether oxygens (including phenoxy) is 2. The average Bonchev–Trinajstić information content (AvgIpc) is 2.36. The number of hydrogen-bond acceptors (Lipinski definition) is 4. The fourth-order valence-electron chi connectivity index (χ4n) is 1.73. The summed E-state index contributed by atoms with van der Waals surface area (Å²) >= 11 is 0. The topological polar surface area (TPSA) is 47.9 Å². The molecule has 1 rings (SSSR count). The van der Waals surface area contributed by atoms with Crippen molar-refractivity contribution in [3.63, 3.8) is 0 Å². The standard InChI is InChI=1S/C13H17NO3/c1-4-5-10-6-13(17-3)11(8-14-9-15)7-12(10)16-2/h6-7H,4-5,8H2,1-3H3. The van der Waals surface area contributed by atoms with Crippen LogP contribution in [0.3, 0.4) is 0 Å². The fourth-order valence-corrected chi connectivity index (χ4v) is 1.73. The lowest BCUT2D eigenvalue weighted by Gasteiger charge is -2.13. The molecule has 0 unspecified atom stereocenters. The van der Waals surface area contributed by atoms with Crippen LogP contribution in [-0.4, -0.2) is 20.3 Å². The molecule has 0 fully saturated rings. The van der Waals surface area contributed by atoms with Gasteiger partial charge < -0.3 is 9.47 Å². The highest BCUT2D eigenvalue weighted by atomic mass is 16.5. The molecule has 1 aromatic rings. The van der Waals surface area contributed by atoms with Gasteiger partial charge in [-0.05, 0) is 24.1 Å². The van der Waals surface area contributed by atoms with Crippen LogP contribution < -0.4 is 9.47 Å². The van der Waals surface area contributed by atoms with Gasteiger partial charge >= 0.3 is 0 Å². The molecule has 0 aliphatic carbocycles. The molecule has 0 aromatic heterocycles. The molecule has 4 heteroatoms. The number of aryl methyl sites for hydroxylation is 1. The zero-order chi connectivity index (χ0) is 12.7. The van der Waals surface area contributed by atoms with E-state index in [-0.39, 0.29) is 6.54 Å². The van der Waals surface area contributed by atoms with Gasteiger partial charge in [0, 0.05) is 5.56 Å². The summed E-state index contributed by atoms with van der Waals surface area (Å²) in [6.45, 7) is 2.37. The van der Waals surface area contributed by atoms with Crippen molar-refractivity contribution >= 4 is 6.08 Å². The second-order valence-corrected chi connectivity index (χ2v) is 3.63. The number of aliphatic imine (C=N–C) groups is 1. The molecule has 0 N–H and O–H groups in total. The van der Waals surface area contributed by atoms with Gasteiger partial charge in [0.25, 0.3) is 0 Å². The summed E-state index contributed by atoms with van der Waals surface area (Å²) in [4.78, 5) is 13.7. The average molecular weight is 235 g/mol. The summed E-state index contributed by atoms with van der Waals surface area (Å²) in [5.74, 6) is 1.54. The molecule has 0 spiro atoms. The largest absolute Gasteiger partial charge is 0.496 e. The van der Waals surface area contributed by atoms with Crippen molar-refractivity contribution in [1.29, 1.82) is 0 Å². The number of benzene rings is 1. The van der Waals surface area contributed by atoms with Crippen molar-refractivity contribution in [2.24, 2.45) is 4.99 Å². The van der Waals surface area contributed by atoms with Gasteiger partial charge in [0.2, 0.25) is 6.08 Å².